The Hall–Kier alpha value is -1.63. The van der Waals surface area contributed by atoms with E-state index in [4.69, 9.17) is 0 Å². The summed E-state index contributed by atoms with van der Waals surface area (Å²) in [6, 6.07) is 1.00. The van der Waals surface area contributed by atoms with Crippen molar-refractivity contribution in [2.75, 3.05) is 18.9 Å². The smallest absolute Gasteiger partial charge is 0.334 e. The lowest BCUT2D eigenvalue weighted by Crippen LogP contribution is -2.36. The van der Waals surface area contributed by atoms with Crippen LogP contribution in [0.5, 0.6) is 0 Å². The zero-order chi connectivity index (χ0) is 15.7. The van der Waals surface area contributed by atoms with Gasteiger partial charge in [-0.3, -0.25) is 15.0 Å². The molecule has 0 aromatic carbocycles. The Morgan fingerprint density at radius 3 is 2.57 bits per heavy atom. The number of aryl methyl sites for hydroxylation is 1. The number of nitrogens with zero attached hydrogens (tertiary/aromatic N) is 4. The van der Waals surface area contributed by atoms with Crippen LogP contribution in [0, 0.1) is 10.1 Å². The second-order valence-electron chi connectivity index (χ2n) is 6.24. The lowest BCUT2D eigenvalue weighted by atomic mass is 10.1. The number of rotatable bonds is 7. The van der Waals surface area contributed by atoms with Gasteiger partial charge in [-0.2, -0.15) is 5.10 Å². The molecule has 21 heavy (non-hydrogen) atoms. The fourth-order valence-corrected chi connectivity index (χ4v) is 2.53. The summed E-state index contributed by atoms with van der Waals surface area (Å²) < 4.78 is 1.58. The van der Waals surface area contributed by atoms with Gasteiger partial charge >= 0.3 is 5.69 Å². The summed E-state index contributed by atoms with van der Waals surface area (Å²) in [7, 11) is 3.86. The molecule has 1 unspecified atom stereocenters. The molecule has 118 valence electrons. The van der Waals surface area contributed by atoms with Crippen LogP contribution < -0.4 is 5.32 Å². The third kappa shape index (κ3) is 3.34. The topological polar surface area (TPSA) is 76.2 Å². The van der Waals surface area contributed by atoms with E-state index in [1.165, 1.54) is 12.8 Å². The molecule has 1 atom stereocenters. The van der Waals surface area contributed by atoms with E-state index in [0.29, 0.717) is 30.1 Å². The molecule has 1 saturated carbocycles. The number of anilines is 1. The van der Waals surface area contributed by atoms with E-state index in [-0.39, 0.29) is 16.5 Å². The molecule has 0 bridgehead atoms. The first kappa shape index (κ1) is 15.8. The number of likely N-dealkylation sites (N-methyl/N-ethyl adjacent to an activating group) is 1. The molecule has 1 N–H and O–H groups in total. The predicted octanol–water partition coefficient (Wildman–Crippen LogP) is 2.35. The summed E-state index contributed by atoms with van der Waals surface area (Å²) in [6.07, 6.45) is 2.51. The van der Waals surface area contributed by atoms with Gasteiger partial charge in [0.05, 0.1) is 4.92 Å². The van der Waals surface area contributed by atoms with Crippen molar-refractivity contribution in [1.82, 2.24) is 14.7 Å². The second kappa shape index (κ2) is 6.01. The lowest BCUT2D eigenvalue weighted by molar-refractivity contribution is -0.384. The van der Waals surface area contributed by atoms with Gasteiger partial charge in [0.2, 0.25) is 5.82 Å². The van der Waals surface area contributed by atoms with E-state index < -0.39 is 0 Å². The predicted molar refractivity (Wildman–Crippen MR) is 82.7 cm³/mol. The standard InChI is InChI=1S/C14H25N5O2/c1-9(2)12-13(19(20)21)14(18(5)16-12)15-8-10(3)17(4)11-6-7-11/h9-11,15H,6-8H2,1-5H3. The largest absolute Gasteiger partial charge is 0.363 e. The first-order valence-corrected chi connectivity index (χ1v) is 7.50. The third-order valence-electron chi connectivity index (χ3n) is 4.16. The molecule has 0 saturated heterocycles. The molecule has 1 aliphatic carbocycles. The number of aromatic nitrogens is 2. The Kier molecular flexibility index (Phi) is 4.51. The maximum absolute atomic E-state index is 11.4. The summed E-state index contributed by atoms with van der Waals surface area (Å²) in [5.74, 6) is 0.526. The average Bonchev–Trinajstić information content (AvgIpc) is 3.19. The van der Waals surface area contributed by atoms with Crippen LogP contribution in [0.1, 0.15) is 45.2 Å². The highest BCUT2D eigenvalue weighted by molar-refractivity contribution is 5.60. The van der Waals surface area contributed by atoms with Crippen molar-refractivity contribution in [2.45, 2.75) is 51.6 Å². The van der Waals surface area contributed by atoms with Crippen molar-refractivity contribution < 1.29 is 4.92 Å². The summed E-state index contributed by atoms with van der Waals surface area (Å²) in [6.45, 7) is 6.65. The van der Waals surface area contributed by atoms with Crippen molar-refractivity contribution in [3.05, 3.63) is 15.8 Å². The summed E-state index contributed by atoms with van der Waals surface area (Å²) in [5, 5.41) is 18.9. The fourth-order valence-electron chi connectivity index (χ4n) is 2.53. The van der Waals surface area contributed by atoms with Crippen LogP contribution in [0.4, 0.5) is 11.5 Å². The van der Waals surface area contributed by atoms with E-state index in [9.17, 15) is 10.1 Å². The highest BCUT2D eigenvalue weighted by Gasteiger charge is 2.31. The monoisotopic (exact) mass is 295 g/mol. The van der Waals surface area contributed by atoms with Crippen LogP contribution in [-0.2, 0) is 7.05 Å². The molecule has 1 fully saturated rings. The van der Waals surface area contributed by atoms with Crippen molar-refractivity contribution in [1.29, 1.82) is 0 Å². The minimum absolute atomic E-state index is 0.0266. The van der Waals surface area contributed by atoms with Crippen LogP contribution in [0.3, 0.4) is 0 Å². The van der Waals surface area contributed by atoms with Crippen LogP contribution in [0.15, 0.2) is 0 Å². The van der Waals surface area contributed by atoms with Crippen LogP contribution >= 0.6 is 0 Å². The van der Waals surface area contributed by atoms with Gasteiger partial charge in [0.15, 0.2) is 0 Å². The zero-order valence-electron chi connectivity index (χ0n) is 13.5. The van der Waals surface area contributed by atoms with Crippen molar-refractivity contribution >= 4 is 11.5 Å². The Morgan fingerprint density at radius 2 is 2.10 bits per heavy atom. The maximum Gasteiger partial charge on any atom is 0.334 e. The van der Waals surface area contributed by atoms with Crippen LogP contribution in [0.2, 0.25) is 0 Å². The van der Waals surface area contributed by atoms with Crippen LogP contribution in [-0.4, -0.2) is 45.3 Å². The molecular formula is C14H25N5O2. The molecular weight excluding hydrogens is 270 g/mol. The SMILES string of the molecule is CC(C)c1nn(C)c(NCC(C)N(C)C2CC2)c1[N+](=O)[O-]. The van der Waals surface area contributed by atoms with Gasteiger partial charge in [0, 0.05) is 31.6 Å². The Balaban J connectivity index is 2.13. The fraction of sp³-hybridized carbons (Fsp3) is 0.786. The molecule has 0 amide bonds. The molecule has 1 heterocycles. The zero-order valence-corrected chi connectivity index (χ0v) is 13.5. The molecule has 0 spiro atoms. The number of hydrogen-bond donors (Lipinski definition) is 1. The average molecular weight is 295 g/mol. The van der Waals surface area contributed by atoms with Crippen molar-refractivity contribution in [2.24, 2.45) is 7.05 Å². The van der Waals surface area contributed by atoms with E-state index in [2.05, 4.69) is 29.3 Å². The molecule has 2 rings (SSSR count). The van der Waals surface area contributed by atoms with Crippen molar-refractivity contribution in [3.8, 4) is 0 Å². The first-order chi connectivity index (χ1) is 9.82. The van der Waals surface area contributed by atoms with Gasteiger partial charge in [-0.25, -0.2) is 4.68 Å². The van der Waals surface area contributed by atoms with Crippen LogP contribution in [0.25, 0.3) is 0 Å². The van der Waals surface area contributed by atoms with Gasteiger partial charge in [0.1, 0.15) is 5.69 Å². The highest BCUT2D eigenvalue weighted by Crippen LogP contribution is 2.33. The quantitative estimate of drug-likeness (QED) is 0.617. The summed E-state index contributed by atoms with van der Waals surface area (Å²) in [4.78, 5) is 13.4. The second-order valence-corrected chi connectivity index (χ2v) is 6.24. The van der Waals surface area contributed by atoms with Gasteiger partial charge in [-0.1, -0.05) is 13.8 Å². The molecule has 1 aromatic rings. The molecule has 7 nitrogen and oxygen atoms in total. The Morgan fingerprint density at radius 1 is 1.48 bits per heavy atom. The van der Waals surface area contributed by atoms with E-state index in [0.717, 1.165) is 0 Å². The van der Waals surface area contributed by atoms with E-state index >= 15 is 0 Å². The molecule has 1 aromatic heterocycles. The van der Waals surface area contributed by atoms with Gasteiger partial charge in [-0.05, 0) is 26.8 Å². The Bertz CT molecular complexity index is 522. The number of hydrogen-bond acceptors (Lipinski definition) is 5. The number of nitro groups is 1. The number of nitrogens with one attached hydrogen (secondary N) is 1. The lowest BCUT2D eigenvalue weighted by Gasteiger charge is -2.24. The summed E-state index contributed by atoms with van der Waals surface area (Å²) in [5.41, 5.74) is 0.641. The maximum atomic E-state index is 11.4. The molecule has 1 aliphatic rings. The Labute approximate surface area is 125 Å². The third-order valence-corrected chi connectivity index (χ3v) is 4.16. The first-order valence-electron chi connectivity index (χ1n) is 7.50. The van der Waals surface area contributed by atoms with Gasteiger partial charge < -0.3 is 5.32 Å². The summed E-state index contributed by atoms with van der Waals surface area (Å²) >= 11 is 0. The normalized spacial score (nSPS) is 16.5. The van der Waals surface area contributed by atoms with Gasteiger partial charge in [0.25, 0.3) is 0 Å². The van der Waals surface area contributed by atoms with Crippen molar-refractivity contribution in [3.63, 3.8) is 0 Å². The van der Waals surface area contributed by atoms with E-state index in [1.54, 1.807) is 11.7 Å². The molecule has 0 aliphatic heterocycles. The molecule has 0 radical (unpaired) electrons. The highest BCUT2D eigenvalue weighted by atomic mass is 16.6. The minimum atomic E-state index is -0.333. The van der Waals surface area contributed by atoms with E-state index in [1.807, 2.05) is 13.8 Å². The van der Waals surface area contributed by atoms with Gasteiger partial charge in [-0.15, -0.1) is 0 Å². The minimum Gasteiger partial charge on any atom is -0.363 e. The molecule has 7 heteroatoms.